The van der Waals surface area contributed by atoms with Gasteiger partial charge < -0.3 is 4.74 Å². The molecule has 0 N–H and O–H groups in total. The monoisotopic (exact) mass is 216 g/mol. The summed E-state index contributed by atoms with van der Waals surface area (Å²) in [7, 11) is 0. The predicted molar refractivity (Wildman–Crippen MR) is 28.8 cm³/mol. The molecule has 0 aliphatic carbocycles. The molecule has 0 spiro atoms. The minimum atomic E-state index is -0.345. The van der Waals surface area contributed by atoms with Crippen LogP contribution in [0, 0.1) is 0 Å². The molecule has 0 heterocycles. The van der Waals surface area contributed by atoms with E-state index in [0.29, 0.717) is 6.47 Å². The van der Waals surface area contributed by atoms with Crippen LogP contribution in [0.2, 0.25) is 0 Å². The molecule has 4 heteroatoms. The summed E-state index contributed by atoms with van der Waals surface area (Å²) >= 11 is 5.80. The molecule has 0 amide bonds. The van der Waals surface area contributed by atoms with E-state index in [2.05, 4.69) is 36.6 Å². The maximum Gasteiger partial charge on any atom is 0.294 e. The molecule has 0 aliphatic rings. The van der Waals surface area contributed by atoms with Crippen molar-refractivity contribution in [2.24, 2.45) is 0 Å². The quantitative estimate of drug-likeness (QED) is 0.514. The van der Waals surface area contributed by atoms with E-state index in [1.54, 1.807) is 0 Å². The fourth-order valence-electron chi connectivity index (χ4n) is 0.0420. The first kappa shape index (κ1) is 6.43. The molecular formula is C2H2Br2O2. The van der Waals surface area contributed by atoms with Gasteiger partial charge in [0, 0.05) is 0 Å². The van der Waals surface area contributed by atoms with Crippen molar-refractivity contribution in [3.8, 4) is 0 Å². The van der Waals surface area contributed by atoms with Crippen LogP contribution in [0.25, 0.3) is 0 Å². The topological polar surface area (TPSA) is 26.3 Å². The number of hydrogen-bond acceptors (Lipinski definition) is 2. The van der Waals surface area contributed by atoms with Crippen LogP contribution in [-0.2, 0) is 9.53 Å². The molecule has 0 bridgehead atoms. The third kappa shape index (κ3) is 4.43. The number of halogens is 2. The molecule has 0 unspecified atom stereocenters. The van der Waals surface area contributed by atoms with E-state index in [1.807, 2.05) is 0 Å². The molecule has 0 radical (unpaired) electrons. The maximum atomic E-state index is 9.33. The molecule has 36 valence electrons. The largest absolute Gasteiger partial charge is 0.442 e. The Balaban J connectivity index is 2.81. The average Bonchev–Trinajstić information content (AvgIpc) is 1.35. The van der Waals surface area contributed by atoms with Gasteiger partial charge in [0.25, 0.3) is 6.47 Å². The Labute approximate surface area is 52.1 Å². The zero-order valence-corrected chi connectivity index (χ0v) is 5.90. The lowest BCUT2D eigenvalue weighted by Gasteiger charge is -1.91. The van der Waals surface area contributed by atoms with Crippen LogP contribution in [0.15, 0.2) is 0 Å². The molecule has 0 aromatic rings. The van der Waals surface area contributed by atoms with Gasteiger partial charge in [0.1, 0.15) is 0 Å². The fourth-order valence-corrected chi connectivity index (χ4v) is 0.218. The highest BCUT2D eigenvalue weighted by Crippen LogP contribution is 2.06. The summed E-state index contributed by atoms with van der Waals surface area (Å²) < 4.78 is 3.85. The second kappa shape index (κ2) is 3.61. The highest BCUT2D eigenvalue weighted by atomic mass is 79.9. The van der Waals surface area contributed by atoms with Gasteiger partial charge in [0.2, 0.25) is 3.92 Å². The molecule has 0 aromatic carbocycles. The maximum absolute atomic E-state index is 9.33. The first-order valence-electron chi connectivity index (χ1n) is 1.14. The van der Waals surface area contributed by atoms with Crippen molar-refractivity contribution < 1.29 is 9.53 Å². The van der Waals surface area contributed by atoms with Crippen LogP contribution in [0.5, 0.6) is 0 Å². The molecule has 0 aromatic heterocycles. The Morgan fingerprint density at radius 2 is 2.17 bits per heavy atom. The number of hydrogen-bond donors (Lipinski definition) is 0. The Hall–Kier alpha value is 0.430. The summed E-state index contributed by atoms with van der Waals surface area (Å²) in [5.41, 5.74) is 0. The van der Waals surface area contributed by atoms with E-state index in [-0.39, 0.29) is 3.92 Å². The van der Waals surface area contributed by atoms with E-state index >= 15 is 0 Å². The van der Waals surface area contributed by atoms with Gasteiger partial charge in [-0.3, -0.25) is 4.79 Å². The van der Waals surface area contributed by atoms with E-state index in [9.17, 15) is 4.79 Å². The molecule has 0 fully saturated rings. The van der Waals surface area contributed by atoms with Crippen molar-refractivity contribution in [3.63, 3.8) is 0 Å². The fraction of sp³-hybridized carbons (Fsp3) is 0.500. The third-order valence-corrected chi connectivity index (χ3v) is 0.590. The lowest BCUT2D eigenvalue weighted by Crippen LogP contribution is -1.88. The number of carbonyl (C=O) groups excluding carboxylic acids is 1. The van der Waals surface area contributed by atoms with Crippen molar-refractivity contribution in [2.75, 3.05) is 0 Å². The van der Waals surface area contributed by atoms with E-state index in [4.69, 9.17) is 0 Å². The minimum absolute atomic E-state index is 0.345. The van der Waals surface area contributed by atoms with Crippen LogP contribution in [0.4, 0.5) is 0 Å². The van der Waals surface area contributed by atoms with Crippen molar-refractivity contribution in [1.82, 2.24) is 0 Å². The van der Waals surface area contributed by atoms with Crippen LogP contribution in [0.1, 0.15) is 0 Å². The summed E-state index contributed by atoms with van der Waals surface area (Å²) in [4.78, 5) is 9.33. The molecule has 0 atom stereocenters. The van der Waals surface area contributed by atoms with Gasteiger partial charge in [-0.1, -0.05) is 0 Å². The summed E-state index contributed by atoms with van der Waals surface area (Å²) in [5.74, 6) is 0. The van der Waals surface area contributed by atoms with Crippen molar-refractivity contribution in [1.29, 1.82) is 0 Å². The second-order valence-corrected chi connectivity index (χ2v) is 3.39. The summed E-state index contributed by atoms with van der Waals surface area (Å²) in [6, 6.07) is 0. The minimum Gasteiger partial charge on any atom is -0.442 e. The highest BCUT2D eigenvalue weighted by Gasteiger charge is 1.89. The number of ether oxygens (including phenoxy) is 1. The molecule has 0 saturated heterocycles. The van der Waals surface area contributed by atoms with E-state index < -0.39 is 0 Å². The van der Waals surface area contributed by atoms with E-state index in [1.165, 1.54) is 0 Å². The Bertz CT molecular complexity index is 44.8. The molecule has 0 saturated carbocycles. The summed E-state index contributed by atoms with van der Waals surface area (Å²) in [6.45, 7) is 0.355. The Kier molecular flexibility index (Phi) is 3.87. The van der Waals surface area contributed by atoms with Gasteiger partial charge in [0.15, 0.2) is 0 Å². The van der Waals surface area contributed by atoms with Crippen LogP contribution < -0.4 is 0 Å². The van der Waals surface area contributed by atoms with Gasteiger partial charge in [-0.2, -0.15) is 0 Å². The lowest BCUT2D eigenvalue weighted by molar-refractivity contribution is -0.127. The molecule has 6 heavy (non-hydrogen) atoms. The van der Waals surface area contributed by atoms with Crippen molar-refractivity contribution >= 4 is 38.3 Å². The normalized spacial score (nSPS) is 8.50. The summed E-state index contributed by atoms with van der Waals surface area (Å²) in [5, 5.41) is 0. The van der Waals surface area contributed by atoms with Crippen molar-refractivity contribution in [3.05, 3.63) is 0 Å². The molecule has 0 rings (SSSR count). The molecule has 2 nitrogen and oxygen atoms in total. The number of alkyl halides is 2. The SMILES string of the molecule is O=COC(Br)Br. The van der Waals surface area contributed by atoms with Gasteiger partial charge in [-0.15, -0.1) is 0 Å². The molecule has 0 aliphatic heterocycles. The second-order valence-electron chi connectivity index (χ2n) is 0.493. The third-order valence-electron chi connectivity index (χ3n) is 0.158. The van der Waals surface area contributed by atoms with E-state index in [0.717, 1.165) is 0 Å². The van der Waals surface area contributed by atoms with Gasteiger partial charge in [-0.05, 0) is 31.9 Å². The number of carbonyl (C=O) groups is 1. The van der Waals surface area contributed by atoms with Crippen molar-refractivity contribution in [2.45, 2.75) is 3.92 Å². The van der Waals surface area contributed by atoms with Crippen LogP contribution in [0.3, 0.4) is 0 Å². The smallest absolute Gasteiger partial charge is 0.294 e. The summed E-state index contributed by atoms with van der Waals surface area (Å²) in [6.07, 6.45) is 0. The molecular weight excluding hydrogens is 216 g/mol. The van der Waals surface area contributed by atoms with Crippen LogP contribution in [-0.4, -0.2) is 10.4 Å². The Morgan fingerprint density at radius 3 is 2.17 bits per heavy atom. The predicted octanol–water partition coefficient (Wildman–Crippen LogP) is 1.23. The van der Waals surface area contributed by atoms with Crippen LogP contribution >= 0.6 is 31.9 Å². The van der Waals surface area contributed by atoms with Gasteiger partial charge in [-0.25, -0.2) is 0 Å². The number of rotatable bonds is 2. The lowest BCUT2D eigenvalue weighted by atomic mass is 11.5. The average molecular weight is 218 g/mol. The first-order valence-corrected chi connectivity index (χ1v) is 2.97. The standard InChI is InChI=1S/C2H2Br2O2/c3-2(4)6-1-5/h1-2H. The zero-order chi connectivity index (χ0) is 4.99. The highest BCUT2D eigenvalue weighted by molar-refractivity contribution is 9.24. The van der Waals surface area contributed by atoms with Gasteiger partial charge in [0.05, 0.1) is 0 Å². The Morgan fingerprint density at radius 1 is 1.67 bits per heavy atom. The first-order chi connectivity index (χ1) is 2.77. The van der Waals surface area contributed by atoms with Gasteiger partial charge >= 0.3 is 0 Å². The zero-order valence-electron chi connectivity index (χ0n) is 2.73.